The van der Waals surface area contributed by atoms with Gasteiger partial charge < -0.3 is 10.2 Å². The normalized spacial score (nSPS) is 30.4. The second-order valence-corrected chi connectivity index (χ2v) is 4.72. The van der Waals surface area contributed by atoms with Crippen LogP contribution in [-0.4, -0.2) is 16.3 Å². The van der Waals surface area contributed by atoms with Crippen molar-refractivity contribution >= 4 is 0 Å². The van der Waals surface area contributed by atoms with Gasteiger partial charge in [0.05, 0.1) is 11.7 Å². The number of aliphatic hydroxyl groups is 2. The predicted octanol–water partition coefficient (Wildman–Crippen LogP) is 2.26. The maximum Gasteiger partial charge on any atom is 0.123 e. The van der Waals surface area contributed by atoms with E-state index in [-0.39, 0.29) is 11.9 Å². The standard InChI is InChI=1S/C13H17FO2/c1-9-2-3-10(14)8-12(9)13(16)6-4-11(15)5-7-13/h2-3,8,11,15-16H,4-7H2,1H3. The number of aryl methyl sites for hydroxylation is 1. The zero-order valence-corrected chi connectivity index (χ0v) is 9.41. The zero-order valence-electron chi connectivity index (χ0n) is 9.41. The molecule has 1 aromatic rings. The van der Waals surface area contributed by atoms with Crippen molar-refractivity contribution in [2.75, 3.05) is 0 Å². The van der Waals surface area contributed by atoms with E-state index in [4.69, 9.17) is 0 Å². The van der Waals surface area contributed by atoms with E-state index in [1.807, 2.05) is 6.92 Å². The Labute approximate surface area is 94.7 Å². The molecule has 0 aromatic heterocycles. The Bertz CT molecular complexity index is 382. The summed E-state index contributed by atoms with van der Waals surface area (Å²) in [6.07, 6.45) is 1.82. The van der Waals surface area contributed by atoms with E-state index in [1.54, 1.807) is 6.07 Å². The van der Waals surface area contributed by atoms with Crippen molar-refractivity contribution in [3.05, 3.63) is 35.1 Å². The fourth-order valence-corrected chi connectivity index (χ4v) is 2.45. The monoisotopic (exact) mass is 224 g/mol. The van der Waals surface area contributed by atoms with Crippen LogP contribution >= 0.6 is 0 Å². The molecule has 2 rings (SSSR count). The van der Waals surface area contributed by atoms with Crippen molar-refractivity contribution in [1.29, 1.82) is 0 Å². The molecule has 3 heteroatoms. The highest BCUT2D eigenvalue weighted by Gasteiger charge is 2.35. The molecule has 0 unspecified atom stereocenters. The Morgan fingerprint density at radius 3 is 2.56 bits per heavy atom. The lowest BCUT2D eigenvalue weighted by molar-refractivity contribution is -0.0367. The molecule has 1 aliphatic rings. The second kappa shape index (κ2) is 4.15. The number of benzene rings is 1. The average Bonchev–Trinajstić information content (AvgIpc) is 2.26. The molecule has 0 amide bonds. The molecule has 0 radical (unpaired) electrons. The third-order valence-corrected chi connectivity index (χ3v) is 3.48. The SMILES string of the molecule is Cc1ccc(F)cc1C1(O)CCC(O)CC1. The van der Waals surface area contributed by atoms with Gasteiger partial charge in [-0.1, -0.05) is 6.07 Å². The van der Waals surface area contributed by atoms with Gasteiger partial charge in [0.25, 0.3) is 0 Å². The fourth-order valence-electron chi connectivity index (χ4n) is 2.45. The summed E-state index contributed by atoms with van der Waals surface area (Å²) in [5, 5.41) is 19.9. The van der Waals surface area contributed by atoms with E-state index in [2.05, 4.69) is 0 Å². The fraction of sp³-hybridized carbons (Fsp3) is 0.538. The molecule has 0 saturated heterocycles. The van der Waals surface area contributed by atoms with Crippen LogP contribution in [0.3, 0.4) is 0 Å². The third kappa shape index (κ3) is 2.11. The summed E-state index contributed by atoms with van der Waals surface area (Å²) in [5.41, 5.74) is 0.602. The highest BCUT2D eigenvalue weighted by Crippen LogP contribution is 2.38. The van der Waals surface area contributed by atoms with Crippen molar-refractivity contribution in [2.45, 2.75) is 44.3 Å². The quantitative estimate of drug-likeness (QED) is 0.768. The molecule has 0 aliphatic heterocycles. The molecule has 1 saturated carbocycles. The van der Waals surface area contributed by atoms with E-state index >= 15 is 0 Å². The molecule has 1 aromatic carbocycles. The van der Waals surface area contributed by atoms with E-state index in [0.29, 0.717) is 31.2 Å². The molecule has 88 valence electrons. The summed E-state index contributed by atoms with van der Waals surface area (Å²) in [4.78, 5) is 0. The Morgan fingerprint density at radius 2 is 1.94 bits per heavy atom. The van der Waals surface area contributed by atoms with Crippen LogP contribution in [-0.2, 0) is 5.60 Å². The molecule has 0 bridgehead atoms. The molecule has 0 spiro atoms. The number of halogens is 1. The lowest BCUT2D eigenvalue weighted by Crippen LogP contribution is -2.34. The first kappa shape index (κ1) is 11.6. The van der Waals surface area contributed by atoms with Crippen LogP contribution in [0, 0.1) is 12.7 Å². The zero-order chi connectivity index (χ0) is 11.8. The predicted molar refractivity (Wildman–Crippen MR) is 59.5 cm³/mol. The minimum Gasteiger partial charge on any atom is -0.393 e. The van der Waals surface area contributed by atoms with E-state index in [9.17, 15) is 14.6 Å². The van der Waals surface area contributed by atoms with Crippen LogP contribution in [0.5, 0.6) is 0 Å². The minimum absolute atomic E-state index is 0.319. The Hall–Kier alpha value is -0.930. The van der Waals surface area contributed by atoms with Gasteiger partial charge in [0.2, 0.25) is 0 Å². The van der Waals surface area contributed by atoms with Gasteiger partial charge in [0.15, 0.2) is 0 Å². The van der Waals surface area contributed by atoms with Gasteiger partial charge in [0.1, 0.15) is 5.82 Å². The summed E-state index contributed by atoms with van der Waals surface area (Å²) in [6.45, 7) is 1.87. The minimum atomic E-state index is -0.967. The summed E-state index contributed by atoms with van der Waals surface area (Å²) in [7, 11) is 0. The van der Waals surface area contributed by atoms with Crippen LogP contribution in [0.4, 0.5) is 4.39 Å². The molecule has 2 N–H and O–H groups in total. The molecule has 16 heavy (non-hydrogen) atoms. The molecular formula is C13H17FO2. The maximum atomic E-state index is 13.2. The molecule has 0 heterocycles. The summed E-state index contributed by atoms with van der Waals surface area (Å²) >= 11 is 0. The number of aliphatic hydroxyl groups excluding tert-OH is 1. The van der Waals surface area contributed by atoms with Gasteiger partial charge in [-0.2, -0.15) is 0 Å². The molecular weight excluding hydrogens is 207 g/mol. The Balaban J connectivity index is 2.32. The van der Waals surface area contributed by atoms with Crippen LogP contribution in [0.25, 0.3) is 0 Å². The lowest BCUT2D eigenvalue weighted by Gasteiger charge is -2.35. The largest absolute Gasteiger partial charge is 0.393 e. The number of hydrogen-bond acceptors (Lipinski definition) is 2. The van der Waals surface area contributed by atoms with Gasteiger partial charge in [-0.25, -0.2) is 4.39 Å². The average molecular weight is 224 g/mol. The van der Waals surface area contributed by atoms with Crippen molar-refractivity contribution in [2.24, 2.45) is 0 Å². The highest BCUT2D eigenvalue weighted by atomic mass is 19.1. The van der Waals surface area contributed by atoms with Crippen molar-refractivity contribution in [3.63, 3.8) is 0 Å². The van der Waals surface area contributed by atoms with Gasteiger partial charge in [0, 0.05) is 0 Å². The lowest BCUT2D eigenvalue weighted by atomic mass is 9.77. The van der Waals surface area contributed by atoms with Crippen molar-refractivity contribution in [3.8, 4) is 0 Å². The van der Waals surface area contributed by atoms with E-state index in [1.165, 1.54) is 12.1 Å². The van der Waals surface area contributed by atoms with Crippen LogP contribution in [0.15, 0.2) is 18.2 Å². The number of hydrogen-bond donors (Lipinski definition) is 2. The van der Waals surface area contributed by atoms with Gasteiger partial charge >= 0.3 is 0 Å². The van der Waals surface area contributed by atoms with Gasteiger partial charge in [-0.15, -0.1) is 0 Å². The van der Waals surface area contributed by atoms with Crippen molar-refractivity contribution in [1.82, 2.24) is 0 Å². The summed E-state index contributed by atoms with van der Waals surface area (Å²) in [6, 6.07) is 4.50. The number of rotatable bonds is 1. The molecule has 0 atom stereocenters. The summed E-state index contributed by atoms with van der Waals surface area (Å²) < 4.78 is 13.2. The van der Waals surface area contributed by atoms with E-state index < -0.39 is 5.60 Å². The maximum absolute atomic E-state index is 13.2. The van der Waals surface area contributed by atoms with Crippen molar-refractivity contribution < 1.29 is 14.6 Å². The Morgan fingerprint density at radius 1 is 1.31 bits per heavy atom. The first-order valence-electron chi connectivity index (χ1n) is 5.68. The molecule has 1 fully saturated rings. The van der Waals surface area contributed by atoms with Crippen LogP contribution in [0.1, 0.15) is 36.8 Å². The summed E-state index contributed by atoms with van der Waals surface area (Å²) in [5.74, 6) is -0.319. The highest BCUT2D eigenvalue weighted by molar-refractivity contribution is 5.32. The second-order valence-electron chi connectivity index (χ2n) is 4.72. The molecule has 1 aliphatic carbocycles. The first-order valence-corrected chi connectivity index (χ1v) is 5.68. The van der Waals surface area contributed by atoms with Gasteiger partial charge in [-0.3, -0.25) is 0 Å². The van der Waals surface area contributed by atoms with Crippen LogP contribution in [0.2, 0.25) is 0 Å². The first-order chi connectivity index (χ1) is 7.51. The third-order valence-electron chi connectivity index (χ3n) is 3.48. The van der Waals surface area contributed by atoms with E-state index in [0.717, 1.165) is 5.56 Å². The van der Waals surface area contributed by atoms with Gasteiger partial charge in [-0.05, 0) is 55.9 Å². The Kier molecular flexibility index (Phi) is 3.00. The van der Waals surface area contributed by atoms with Crippen LogP contribution < -0.4 is 0 Å². The molecule has 2 nitrogen and oxygen atoms in total. The topological polar surface area (TPSA) is 40.5 Å². The smallest absolute Gasteiger partial charge is 0.123 e.